The number of nitrogens with zero attached hydrogens (tertiary/aromatic N) is 1. The summed E-state index contributed by atoms with van der Waals surface area (Å²) in [4.78, 5) is 14.2. The molecule has 0 spiro atoms. The van der Waals surface area contributed by atoms with Crippen LogP contribution in [0.15, 0.2) is 0 Å². The van der Waals surface area contributed by atoms with E-state index in [1.54, 1.807) is 0 Å². The summed E-state index contributed by atoms with van der Waals surface area (Å²) in [5.74, 6) is -0.172. The molecule has 0 saturated carbocycles. The lowest BCUT2D eigenvalue weighted by atomic mass is 9.95. The van der Waals surface area contributed by atoms with Crippen molar-refractivity contribution in [2.45, 2.75) is 58.4 Å². The van der Waals surface area contributed by atoms with Crippen LogP contribution in [0.3, 0.4) is 0 Å². The highest BCUT2D eigenvalue weighted by Crippen LogP contribution is 2.15. The summed E-state index contributed by atoms with van der Waals surface area (Å²) in [7, 11) is 3.26. The highest BCUT2D eigenvalue weighted by atomic mass is 16.5. The van der Waals surface area contributed by atoms with Gasteiger partial charge in [-0.15, -0.1) is 0 Å². The standard InChI is InChI=1S/C15H32N2O2/c1-6-11-17(12-7-2)13-9-8-10-15(3,16-4)14(18)19-5/h16H,6-13H2,1-5H3. The van der Waals surface area contributed by atoms with E-state index in [1.807, 2.05) is 14.0 Å². The minimum absolute atomic E-state index is 0.172. The highest BCUT2D eigenvalue weighted by Gasteiger charge is 2.31. The maximum absolute atomic E-state index is 11.7. The molecule has 0 fully saturated rings. The molecule has 19 heavy (non-hydrogen) atoms. The highest BCUT2D eigenvalue weighted by molar-refractivity contribution is 5.80. The van der Waals surface area contributed by atoms with Crippen LogP contribution in [-0.4, -0.2) is 50.2 Å². The second kappa shape index (κ2) is 10.2. The van der Waals surface area contributed by atoms with E-state index in [0.717, 1.165) is 25.8 Å². The van der Waals surface area contributed by atoms with Gasteiger partial charge in [-0.25, -0.2) is 0 Å². The SMILES string of the molecule is CCCN(CCC)CCCCC(C)(NC)C(=O)OC. The van der Waals surface area contributed by atoms with E-state index in [1.165, 1.54) is 33.0 Å². The Hall–Kier alpha value is -0.610. The molecule has 0 bridgehead atoms. The number of hydrogen-bond donors (Lipinski definition) is 1. The number of ether oxygens (including phenoxy) is 1. The molecule has 0 aliphatic heterocycles. The van der Waals surface area contributed by atoms with E-state index in [4.69, 9.17) is 4.74 Å². The molecule has 0 saturated heterocycles. The molecule has 0 aromatic heterocycles. The first-order valence-electron chi connectivity index (χ1n) is 7.53. The fraction of sp³-hybridized carbons (Fsp3) is 0.933. The van der Waals surface area contributed by atoms with Crippen molar-refractivity contribution in [2.24, 2.45) is 0 Å². The van der Waals surface area contributed by atoms with Crippen LogP contribution >= 0.6 is 0 Å². The summed E-state index contributed by atoms with van der Waals surface area (Å²) in [6.45, 7) is 9.83. The third-order valence-electron chi connectivity index (χ3n) is 3.67. The molecule has 114 valence electrons. The fourth-order valence-electron chi connectivity index (χ4n) is 2.34. The van der Waals surface area contributed by atoms with E-state index in [0.29, 0.717) is 0 Å². The minimum Gasteiger partial charge on any atom is -0.468 e. The number of likely N-dealkylation sites (N-methyl/N-ethyl adjacent to an activating group) is 1. The maximum Gasteiger partial charge on any atom is 0.325 e. The first kappa shape index (κ1) is 18.4. The number of unbranched alkanes of at least 4 members (excludes halogenated alkanes) is 1. The van der Waals surface area contributed by atoms with Crippen LogP contribution in [-0.2, 0) is 9.53 Å². The molecule has 4 nitrogen and oxygen atoms in total. The number of methoxy groups -OCH3 is 1. The van der Waals surface area contributed by atoms with Crippen LogP contribution in [0, 0.1) is 0 Å². The van der Waals surface area contributed by atoms with Gasteiger partial charge < -0.3 is 15.0 Å². The zero-order valence-electron chi connectivity index (χ0n) is 13.4. The van der Waals surface area contributed by atoms with Crippen LogP contribution in [0.25, 0.3) is 0 Å². The van der Waals surface area contributed by atoms with Crippen LogP contribution in [0.2, 0.25) is 0 Å². The second-order valence-corrected chi connectivity index (χ2v) is 5.37. The number of carbonyl (C=O) groups excluding carboxylic acids is 1. The number of nitrogens with one attached hydrogen (secondary N) is 1. The van der Waals surface area contributed by atoms with Gasteiger partial charge in [-0.1, -0.05) is 13.8 Å². The fourth-order valence-corrected chi connectivity index (χ4v) is 2.34. The zero-order chi connectivity index (χ0) is 14.7. The van der Waals surface area contributed by atoms with Crippen molar-refractivity contribution in [3.63, 3.8) is 0 Å². The number of carbonyl (C=O) groups is 1. The first-order chi connectivity index (χ1) is 9.03. The van der Waals surface area contributed by atoms with Gasteiger partial charge in [0.1, 0.15) is 5.54 Å². The van der Waals surface area contributed by atoms with Gasteiger partial charge in [0.25, 0.3) is 0 Å². The Morgan fingerprint density at radius 2 is 1.74 bits per heavy atom. The number of hydrogen-bond acceptors (Lipinski definition) is 4. The summed E-state index contributed by atoms with van der Waals surface area (Å²) in [5.41, 5.74) is -0.547. The summed E-state index contributed by atoms with van der Waals surface area (Å²) in [5, 5.41) is 3.08. The molecule has 0 aliphatic carbocycles. The average Bonchev–Trinajstić information content (AvgIpc) is 2.42. The van der Waals surface area contributed by atoms with Gasteiger partial charge in [0, 0.05) is 0 Å². The van der Waals surface area contributed by atoms with Crippen molar-refractivity contribution in [1.82, 2.24) is 10.2 Å². The molecular weight excluding hydrogens is 240 g/mol. The Balaban J connectivity index is 4.02. The predicted octanol–water partition coefficient (Wildman–Crippen LogP) is 2.43. The van der Waals surface area contributed by atoms with E-state index in [2.05, 4.69) is 24.1 Å². The van der Waals surface area contributed by atoms with E-state index >= 15 is 0 Å². The third kappa shape index (κ3) is 6.92. The third-order valence-corrected chi connectivity index (χ3v) is 3.67. The van der Waals surface area contributed by atoms with E-state index in [-0.39, 0.29) is 5.97 Å². The van der Waals surface area contributed by atoms with Gasteiger partial charge in [-0.2, -0.15) is 0 Å². The molecule has 1 unspecified atom stereocenters. The van der Waals surface area contributed by atoms with Crippen LogP contribution in [0.4, 0.5) is 0 Å². The lowest BCUT2D eigenvalue weighted by molar-refractivity contribution is -0.148. The van der Waals surface area contributed by atoms with Crippen molar-refractivity contribution in [3.8, 4) is 0 Å². The van der Waals surface area contributed by atoms with Gasteiger partial charge >= 0.3 is 5.97 Å². The maximum atomic E-state index is 11.7. The molecule has 0 aromatic carbocycles. The predicted molar refractivity (Wildman–Crippen MR) is 80.4 cm³/mol. The van der Waals surface area contributed by atoms with Crippen molar-refractivity contribution >= 4 is 5.97 Å². The lowest BCUT2D eigenvalue weighted by Gasteiger charge is -2.27. The Kier molecular flexibility index (Phi) is 9.88. The van der Waals surface area contributed by atoms with Gasteiger partial charge in [0.15, 0.2) is 0 Å². The Morgan fingerprint density at radius 3 is 2.16 bits per heavy atom. The molecule has 1 atom stereocenters. The smallest absolute Gasteiger partial charge is 0.325 e. The largest absolute Gasteiger partial charge is 0.468 e. The molecule has 0 heterocycles. The summed E-state index contributed by atoms with van der Waals surface area (Å²) < 4.78 is 4.85. The quantitative estimate of drug-likeness (QED) is 0.463. The average molecular weight is 272 g/mol. The van der Waals surface area contributed by atoms with Gasteiger partial charge in [-0.3, -0.25) is 4.79 Å². The van der Waals surface area contributed by atoms with Crippen molar-refractivity contribution in [2.75, 3.05) is 33.8 Å². The molecule has 0 rings (SSSR count). The number of esters is 1. The summed E-state index contributed by atoms with van der Waals surface area (Å²) >= 11 is 0. The topological polar surface area (TPSA) is 41.6 Å². The molecule has 4 heteroatoms. The van der Waals surface area contributed by atoms with Gasteiger partial charge in [0.2, 0.25) is 0 Å². The monoisotopic (exact) mass is 272 g/mol. The zero-order valence-corrected chi connectivity index (χ0v) is 13.4. The van der Waals surface area contributed by atoms with E-state index < -0.39 is 5.54 Å². The summed E-state index contributed by atoms with van der Waals surface area (Å²) in [6.07, 6.45) is 5.40. The van der Waals surface area contributed by atoms with Crippen LogP contribution < -0.4 is 5.32 Å². The van der Waals surface area contributed by atoms with Crippen molar-refractivity contribution < 1.29 is 9.53 Å². The van der Waals surface area contributed by atoms with E-state index in [9.17, 15) is 4.79 Å². The van der Waals surface area contributed by atoms with Crippen molar-refractivity contribution in [1.29, 1.82) is 0 Å². The Bertz CT molecular complexity index is 240. The van der Waals surface area contributed by atoms with Crippen molar-refractivity contribution in [3.05, 3.63) is 0 Å². The molecule has 0 radical (unpaired) electrons. The normalized spacial score (nSPS) is 14.4. The van der Waals surface area contributed by atoms with Gasteiger partial charge in [-0.05, 0) is 65.7 Å². The molecule has 0 aliphatic rings. The minimum atomic E-state index is -0.547. The lowest BCUT2D eigenvalue weighted by Crippen LogP contribution is -2.48. The number of rotatable bonds is 11. The molecule has 0 amide bonds. The van der Waals surface area contributed by atoms with Crippen LogP contribution in [0.1, 0.15) is 52.9 Å². The first-order valence-corrected chi connectivity index (χ1v) is 7.53. The Labute approximate surface area is 118 Å². The molecule has 0 aromatic rings. The molecule has 1 N–H and O–H groups in total. The second-order valence-electron chi connectivity index (χ2n) is 5.37. The summed E-state index contributed by atoms with van der Waals surface area (Å²) in [6, 6.07) is 0. The Morgan fingerprint density at radius 1 is 1.16 bits per heavy atom. The van der Waals surface area contributed by atoms with Crippen LogP contribution in [0.5, 0.6) is 0 Å². The molecular formula is C15H32N2O2. The van der Waals surface area contributed by atoms with Gasteiger partial charge in [0.05, 0.1) is 7.11 Å².